The van der Waals surface area contributed by atoms with Crippen molar-refractivity contribution in [2.75, 3.05) is 7.11 Å². The fourth-order valence-electron chi connectivity index (χ4n) is 1.74. The Balaban J connectivity index is 2.40. The lowest BCUT2D eigenvalue weighted by Crippen LogP contribution is -2.04. The maximum Gasteiger partial charge on any atom is 0.221 e. The van der Waals surface area contributed by atoms with E-state index in [0.29, 0.717) is 5.88 Å². The van der Waals surface area contributed by atoms with Crippen LogP contribution in [0, 0.1) is 0 Å². The van der Waals surface area contributed by atoms with Crippen molar-refractivity contribution in [2.24, 2.45) is 5.73 Å². The van der Waals surface area contributed by atoms with Crippen LogP contribution in [0.1, 0.15) is 18.5 Å². The van der Waals surface area contributed by atoms with Crippen LogP contribution in [-0.4, -0.2) is 12.1 Å². The minimum absolute atomic E-state index is 0.0554. The van der Waals surface area contributed by atoms with Gasteiger partial charge in [0.2, 0.25) is 5.88 Å². The van der Waals surface area contributed by atoms with Crippen LogP contribution >= 0.6 is 0 Å². The summed E-state index contributed by atoms with van der Waals surface area (Å²) in [7, 11) is 1.63. The summed E-state index contributed by atoms with van der Waals surface area (Å²) >= 11 is 0. The molecule has 0 radical (unpaired) electrons. The highest BCUT2D eigenvalue weighted by molar-refractivity contribution is 5.68. The highest BCUT2D eigenvalue weighted by Crippen LogP contribution is 2.28. The zero-order valence-corrected chi connectivity index (χ0v) is 10.1. The van der Waals surface area contributed by atoms with Crippen LogP contribution in [0.3, 0.4) is 0 Å². The minimum Gasteiger partial charge on any atom is -0.481 e. The Morgan fingerprint density at radius 3 is 2.47 bits per heavy atom. The van der Waals surface area contributed by atoms with Gasteiger partial charge in [-0.15, -0.1) is 0 Å². The fraction of sp³-hybridized carbons (Fsp3) is 0.214. The van der Waals surface area contributed by atoms with E-state index < -0.39 is 0 Å². The number of pyridine rings is 1. The summed E-state index contributed by atoms with van der Waals surface area (Å²) in [5, 5.41) is 0. The molecule has 1 heterocycles. The molecule has 88 valence electrons. The lowest BCUT2D eigenvalue weighted by atomic mass is 10.0. The SMILES string of the molecule is COc1ncccc1-c1ccc([C@@H](C)N)cc1. The normalized spacial score (nSPS) is 12.2. The number of ether oxygens (including phenoxy) is 1. The standard InChI is InChI=1S/C14H16N2O/c1-10(15)11-5-7-12(8-6-11)13-4-3-9-16-14(13)17-2/h3-10H,15H2,1-2H3/t10-/m1/s1. The number of nitrogens with two attached hydrogens (primary N) is 1. The number of methoxy groups -OCH3 is 1. The average molecular weight is 228 g/mol. The molecule has 0 spiro atoms. The molecule has 3 nitrogen and oxygen atoms in total. The molecule has 0 bridgehead atoms. The van der Waals surface area contributed by atoms with Crippen LogP contribution in [0.5, 0.6) is 5.88 Å². The monoisotopic (exact) mass is 228 g/mol. The molecule has 2 N–H and O–H groups in total. The second-order valence-electron chi connectivity index (χ2n) is 3.97. The third kappa shape index (κ3) is 2.45. The van der Waals surface area contributed by atoms with Crippen LogP contribution in [0.2, 0.25) is 0 Å². The molecule has 0 unspecified atom stereocenters. The van der Waals surface area contributed by atoms with Crippen molar-refractivity contribution in [3.8, 4) is 17.0 Å². The first-order valence-corrected chi connectivity index (χ1v) is 5.57. The van der Waals surface area contributed by atoms with Gasteiger partial charge in [0.05, 0.1) is 7.11 Å². The lowest BCUT2D eigenvalue weighted by Gasteiger charge is -2.09. The van der Waals surface area contributed by atoms with Gasteiger partial charge >= 0.3 is 0 Å². The molecule has 0 saturated heterocycles. The molecular formula is C14H16N2O. The molecule has 0 saturated carbocycles. The van der Waals surface area contributed by atoms with Crippen LogP contribution in [-0.2, 0) is 0 Å². The molecule has 1 atom stereocenters. The Kier molecular flexibility index (Phi) is 3.40. The molecule has 3 heteroatoms. The molecule has 17 heavy (non-hydrogen) atoms. The molecule has 2 rings (SSSR count). The van der Waals surface area contributed by atoms with Gasteiger partial charge in [0.25, 0.3) is 0 Å². The average Bonchev–Trinajstić information content (AvgIpc) is 2.39. The molecule has 1 aromatic heterocycles. The van der Waals surface area contributed by atoms with E-state index in [1.165, 1.54) is 0 Å². The molecule has 2 aromatic rings. The molecule has 0 aliphatic heterocycles. The Morgan fingerprint density at radius 2 is 1.88 bits per heavy atom. The van der Waals surface area contributed by atoms with Crippen molar-refractivity contribution in [1.82, 2.24) is 4.98 Å². The van der Waals surface area contributed by atoms with Crippen molar-refractivity contribution in [3.63, 3.8) is 0 Å². The Hall–Kier alpha value is -1.87. The number of hydrogen-bond donors (Lipinski definition) is 1. The van der Waals surface area contributed by atoms with Crippen molar-refractivity contribution in [3.05, 3.63) is 48.2 Å². The quantitative estimate of drug-likeness (QED) is 0.878. The van der Waals surface area contributed by atoms with E-state index in [0.717, 1.165) is 16.7 Å². The molecule has 0 aliphatic rings. The molecule has 0 fully saturated rings. The maximum atomic E-state index is 5.82. The van der Waals surface area contributed by atoms with Gasteiger partial charge in [-0.3, -0.25) is 0 Å². The van der Waals surface area contributed by atoms with E-state index in [1.807, 2.05) is 43.3 Å². The van der Waals surface area contributed by atoms with Gasteiger partial charge in [-0.1, -0.05) is 24.3 Å². The Labute approximate surface area is 101 Å². The zero-order valence-electron chi connectivity index (χ0n) is 10.1. The van der Waals surface area contributed by atoms with Crippen LogP contribution in [0.15, 0.2) is 42.6 Å². The highest BCUT2D eigenvalue weighted by Gasteiger charge is 2.06. The topological polar surface area (TPSA) is 48.1 Å². The predicted octanol–water partition coefficient (Wildman–Crippen LogP) is 2.78. The van der Waals surface area contributed by atoms with E-state index in [1.54, 1.807) is 13.3 Å². The highest BCUT2D eigenvalue weighted by atomic mass is 16.5. The van der Waals surface area contributed by atoms with Gasteiger partial charge < -0.3 is 10.5 Å². The van der Waals surface area contributed by atoms with E-state index in [9.17, 15) is 0 Å². The Morgan fingerprint density at radius 1 is 1.18 bits per heavy atom. The van der Waals surface area contributed by atoms with Crippen molar-refractivity contribution in [1.29, 1.82) is 0 Å². The van der Waals surface area contributed by atoms with Gasteiger partial charge in [0.1, 0.15) is 0 Å². The van der Waals surface area contributed by atoms with E-state index >= 15 is 0 Å². The second kappa shape index (κ2) is 4.97. The van der Waals surface area contributed by atoms with E-state index in [-0.39, 0.29) is 6.04 Å². The van der Waals surface area contributed by atoms with Gasteiger partial charge in [0, 0.05) is 17.8 Å². The summed E-state index contributed by atoms with van der Waals surface area (Å²) in [6, 6.07) is 12.1. The van der Waals surface area contributed by atoms with Gasteiger partial charge in [-0.2, -0.15) is 0 Å². The first-order valence-electron chi connectivity index (χ1n) is 5.57. The molecule has 1 aromatic carbocycles. The number of aromatic nitrogens is 1. The number of nitrogens with zero attached hydrogens (tertiary/aromatic N) is 1. The first kappa shape index (κ1) is 11.6. The van der Waals surface area contributed by atoms with Crippen LogP contribution < -0.4 is 10.5 Å². The third-order valence-electron chi connectivity index (χ3n) is 2.71. The van der Waals surface area contributed by atoms with Gasteiger partial charge in [-0.05, 0) is 30.2 Å². The van der Waals surface area contributed by atoms with E-state index in [2.05, 4.69) is 4.98 Å². The smallest absolute Gasteiger partial charge is 0.221 e. The summed E-state index contributed by atoms with van der Waals surface area (Å²) < 4.78 is 5.24. The van der Waals surface area contributed by atoms with Crippen LogP contribution in [0.4, 0.5) is 0 Å². The molecular weight excluding hydrogens is 212 g/mol. The molecule has 0 aliphatic carbocycles. The lowest BCUT2D eigenvalue weighted by molar-refractivity contribution is 0.399. The third-order valence-corrected chi connectivity index (χ3v) is 2.71. The number of rotatable bonds is 3. The fourth-order valence-corrected chi connectivity index (χ4v) is 1.74. The summed E-state index contributed by atoms with van der Waals surface area (Å²) in [6.45, 7) is 1.97. The van der Waals surface area contributed by atoms with Gasteiger partial charge in [-0.25, -0.2) is 4.98 Å². The van der Waals surface area contributed by atoms with Crippen molar-refractivity contribution in [2.45, 2.75) is 13.0 Å². The van der Waals surface area contributed by atoms with Gasteiger partial charge in [0.15, 0.2) is 0 Å². The zero-order chi connectivity index (χ0) is 12.3. The number of benzene rings is 1. The summed E-state index contributed by atoms with van der Waals surface area (Å²) in [4.78, 5) is 4.18. The largest absolute Gasteiger partial charge is 0.481 e. The van der Waals surface area contributed by atoms with Crippen molar-refractivity contribution < 1.29 is 4.74 Å². The maximum absolute atomic E-state index is 5.82. The number of hydrogen-bond acceptors (Lipinski definition) is 3. The predicted molar refractivity (Wildman–Crippen MR) is 68.8 cm³/mol. The Bertz CT molecular complexity index is 492. The minimum atomic E-state index is 0.0554. The first-order chi connectivity index (χ1) is 8.22. The molecule has 0 amide bonds. The van der Waals surface area contributed by atoms with E-state index in [4.69, 9.17) is 10.5 Å². The summed E-state index contributed by atoms with van der Waals surface area (Å²) in [5.74, 6) is 0.640. The summed E-state index contributed by atoms with van der Waals surface area (Å²) in [5.41, 5.74) is 9.02. The second-order valence-corrected chi connectivity index (χ2v) is 3.97. The van der Waals surface area contributed by atoms with Crippen molar-refractivity contribution >= 4 is 0 Å². The summed E-state index contributed by atoms with van der Waals surface area (Å²) in [6.07, 6.45) is 1.72. The van der Waals surface area contributed by atoms with Crippen LogP contribution in [0.25, 0.3) is 11.1 Å².